The molecular weight excluding hydrogens is 316 g/mol. The van der Waals surface area contributed by atoms with Crippen LogP contribution in [-0.2, 0) is 10.0 Å². The summed E-state index contributed by atoms with van der Waals surface area (Å²) in [6.07, 6.45) is 6.04. The van der Waals surface area contributed by atoms with Crippen LogP contribution in [0.25, 0.3) is 0 Å². The fourth-order valence-electron chi connectivity index (χ4n) is 3.12. The summed E-state index contributed by atoms with van der Waals surface area (Å²) in [6.45, 7) is 3.65. The largest absolute Gasteiger partial charge is 0.299 e. The van der Waals surface area contributed by atoms with Gasteiger partial charge in [0.2, 0.25) is 10.0 Å². The third-order valence-corrected chi connectivity index (χ3v) is 6.14. The first-order valence-electron chi connectivity index (χ1n) is 6.76. The average Bonchev–Trinajstić information content (AvgIpc) is 2.75. The van der Waals surface area contributed by atoms with Gasteiger partial charge in [-0.1, -0.05) is 15.9 Å². The molecule has 2 atom stereocenters. The highest BCUT2D eigenvalue weighted by Crippen LogP contribution is 2.25. The quantitative estimate of drug-likeness (QED) is 0.729. The molecule has 0 aromatic heterocycles. The molecule has 2 unspecified atom stereocenters. The highest BCUT2D eigenvalue weighted by molar-refractivity contribution is 9.09. The van der Waals surface area contributed by atoms with E-state index in [1.165, 1.54) is 25.6 Å². The van der Waals surface area contributed by atoms with Gasteiger partial charge in [-0.05, 0) is 38.1 Å². The van der Waals surface area contributed by atoms with Crippen LogP contribution in [0.1, 0.15) is 25.7 Å². The fourth-order valence-corrected chi connectivity index (χ4v) is 4.79. The number of sulfonamides is 1. The van der Waals surface area contributed by atoms with E-state index < -0.39 is 10.0 Å². The Labute approximate surface area is 119 Å². The van der Waals surface area contributed by atoms with Crippen LogP contribution >= 0.6 is 15.9 Å². The first-order chi connectivity index (χ1) is 8.50. The molecule has 0 saturated carbocycles. The van der Waals surface area contributed by atoms with E-state index in [0.29, 0.717) is 25.0 Å². The van der Waals surface area contributed by atoms with Gasteiger partial charge in [0.25, 0.3) is 0 Å². The summed E-state index contributed by atoms with van der Waals surface area (Å²) in [7, 11) is -3.01. The highest BCUT2D eigenvalue weighted by Gasteiger charge is 2.30. The van der Waals surface area contributed by atoms with Gasteiger partial charge >= 0.3 is 0 Å². The van der Waals surface area contributed by atoms with Crippen LogP contribution in [-0.4, -0.2) is 61.4 Å². The predicted octanol–water partition coefficient (Wildman–Crippen LogP) is 1.52. The lowest BCUT2D eigenvalue weighted by Crippen LogP contribution is -2.44. The third kappa shape index (κ3) is 3.68. The minimum Gasteiger partial charge on any atom is -0.299 e. The molecule has 2 fully saturated rings. The molecule has 0 aromatic carbocycles. The van der Waals surface area contributed by atoms with Gasteiger partial charge in [0.1, 0.15) is 0 Å². The molecule has 0 N–H and O–H groups in total. The Morgan fingerprint density at radius 1 is 1.22 bits per heavy atom. The Bertz CT molecular complexity index is 374. The lowest BCUT2D eigenvalue weighted by molar-refractivity contribution is 0.176. The Kier molecular flexibility index (Phi) is 5.08. The van der Waals surface area contributed by atoms with E-state index in [1.54, 1.807) is 4.31 Å². The van der Waals surface area contributed by atoms with Crippen LogP contribution in [0, 0.1) is 5.92 Å². The van der Waals surface area contributed by atoms with Crippen molar-refractivity contribution in [3.05, 3.63) is 0 Å². The van der Waals surface area contributed by atoms with Gasteiger partial charge in [0.05, 0.1) is 6.26 Å². The monoisotopic (exact) mass is 338 g/mol. The van der Waals surface area contributed by atoms with Crippen LogP contribution in [0.5, 0.6) is 0 Å². The van der Waals surface area contributed by atoms with Crippen LogP contribution in [0.2, 0.25) is 0 Å². The van der Waals surface area contributed by atoms with Crippen molar-refractivity contribution in [2.45, 2.75) is 31.7 Å². The molecule has 2 heterocycles. The molecule has 4 nitrogen and oxygen atoms in total. The van der Waals surface area contributed by atoms with Crippen LogP contribution in [0.3, 0.4) is 0 Å². The van der Waals surface area contributed by atoms with E-state index in [2.05, 4.69) is 20.8 Å². The second kappa shape index (κ2) is 6.20. The minimum atomic E-state index is -3.01. The van der Waals surface area contributed by atoms with E-state index in [4.69, 9.17) is 0 Å². The summed E-state index contributed by atoms with van der Waals surface area (Å²) in [5.74, 6) is 0.508. The molecule has 2 aliphatic rings. The summed E-state index contributed by atoms with van der Waals surface area (Å²) >= 11 is 3.58. The van der Waals surface area contributed by atoms with Crippen molar-refractivity contribution in [1.82, 2.24) is 9.21 Å². The van der Waals surface area contributed by atoms with E-state index >= 15 is 0 Å². The summed E-state index contributed by atoms with van der Waals surface area (Å²) < 4.78 is 24.8. The molecule has 2 aliphatic heterocycles. The fraction of sp³-hybridized carbons (Fsp3) is 1.00. The SMILES string of the molecule is CS(=O)(=O)N1CCCC(CN2CCCC2CBr)C1. The maximum atomic E-state index is 11.6. The number of hydrogen-bond acceptors (Lipinski definition) is 3. The van der Waals surface area contributed by atoms with Gasteiger partial charge in [-0.2, -0.15) is 0 Å². The number of alkyl halides is 1. The van der Waals surface area contributed by atoms with Crippen LogP contribution in [0.15, 0.2) is 0 Å². The number of likely N-dealkylation sites (tertiary alicyclic amines) is 1. The number of hydrogen-bond donors (Lipinski definition) is 0. The van der Waals surface area contributed by atoms with Gasteiger partial charge in [0, 0.05) is 31.0 Å². The van der Waals surface area contributed by atoms with Crippen molar-refractivity contribution >= 4 is 26.0 Å². The molecule has 0 aliphatic carbocycles. The second-order valence-corrected chi connectivity index (χ2v) is 8.20. The summed E-state index contributed by atoms with van der Waals surface area (Å²) in [6, 6.07) is 0.651. The smallest absolute Gasteiger partial charge is 0.211 e. The molecule has 2 rings (SSSR count). The van der Waals surface area contributed by atoms with Gasteiger partial charge in [0.15, 0.2) is 0 Å². The van der Waals surface area contributed by atoms with Crippen LogP contribution < -0.4 is 0 Å². The third-order valence-electron chi connectivity index (χ3n) is 4.12. The second-order valence-electron chi connectivity index (χ2n) is 5.57. The maximum absolute atomic E-state index is 11.6. The van der Waals surface area contributed by atoms with E-state index in [0.717, 1.165) is 24.7 Å². The van der Waals surface area contributed by atoms with Crippen molar-refractivity contribution < 1.29 is 8.42 Å². The van der Waals surface area contributed by atoms with Gasteiger partial charge < -0.3 is 0 Å². The van der Waals surface area contributed by atoms with Gasteiger partial charge in [-0.15, -0.1) is 0 Å². The normalized spacial score (nSPS) is 31.9. The van der Waals surface area contributed by atoms with Crippen molar-refractivity contribution in [3.8, 4) is 0 Å². The number of nitrogens with zero attached hydrogens (tertiary/aromatic N) is 2. The molecule has 2 saturated heterocycles. The number of piperidine rings is 1. The van der Waals surface area contributed by atoms with Crippen LogP contribution in [0.4, 0.5) is 0 Å². The van der Waals surface area contributed by atoms with Gasteiger partial charge in [-0.3, -0.25) is 4.90 Å². The topological polar surface area (TPSA) is 40.6 Å². The first-order valence-corrected chi connectivity index (χ1v) is 9.73. The molecule has 106 valence electrons. The zero-order chi connectivity index (χ0) is 13.2. The van der Waals surface area contributed by atoms with Gasteiger partial charge in [-0.25, -0.2) is 12.7 Å². The molecule has 0 spiro atoms. The molecule has 0 amide bonds. The van der Waals surface area contributed by atoms with E-state index in [1.807, 2.05) is 0 Å². The highest BCUT2D eigenvalue weighted by atomic mass is 79.9. The molecule has 0 radical (unpaired) electrons. The molecule has 0 bridgehead atoms. The Hall–Kier alpha value is 0.350. The first kappa shape index (κ1) is 14.8. The standard InChI is InChI=1S/C12H23BrN2O2S/c1-18(16,17)15-7-2-4-11(10-15)9-14-6-3-5-12(14)8-13/h11-12H,2-10H2,1H3. The zero-order valence-electron chi connectivity index (χ0n) is 11.0. The summed E-state index contributed by atoms with van der Waals surface area (Å²) in [5, 5.41) is 1.04. The maximum Gasteiger partial charge on any atom is 0.211 e. The van der Waals surface area contributed by atoms with E-state index in [-0.39, 0.29) is 0 Å². The lowest BCUT2D eigenvalue weighted by atomic mass is 9.99. The molecular formula is C12H23BrN2O2S. The number of rotatable bonds is 4. The molecule has 6 heteroatoms. The summed E-state index contributed by atoms with van der Waals surface area (Å²) in [4.78, 5) is 2.53. The predicted molar refractivity (Wildman–Crippen MR) is 77.5 cm³/mol. The summed E-state index contributed by atoms with van der Waals surface area (Å²) in [5.41, 5.74) is 0. The van der Waals surface area contributed by atoms with Crippen molar-refractivity contribution in [3.63, 3.8) is 0 Å². The number of halogens is 1. The Morgan fingerprint density at radius 3 is 2.61 bits per heavy atom. The van der Waals surface area contributed by atoms with Crippen molar-refractivity contribution in [1.29, 1.82) is 0 Å². The Balaban J connectivity index is 1.90. The molecule has 18 heavy (non-hydrogen) atoms. The van der Waals surface area contributed by atoms with E-state index in [9.17, 15) is 8.42 Å². The zero-order valence-corrected chi connectivity index (χ0v) is 13.4. The van der Waals surface area contributed by atoms with Crippen molar-refractivity contribution in [2.75, 3.05) is 37.8 Å². The van der Waals surface area contributed by atoms with Crippen molar-refractivity contribution in [2.24, 2.45) is 5.92 Å². The minimum absolute atomic E-state index is 0.508. The average molecular weight is 339 g/mol. The Morgan fingerprint density at radius 2 is 1.94 bits per heavy atom. The lowest BCUT2D eigenvalue weighted by Gasteiger charge is -2.34. The molecule has 0 aromatic rings.